The first-order chi connectivity index (χ1) is 13.2. The summed E-state index contributed by atoms with van der Waals surface area (Å²) < 4.78 is 5.22. The van der Waals surface area contributed by atoms with Gasteiger partial charge in [-0.2, -0.15) is 0 Å². The van der Waals surface area contributed by atoms with E-state index in [2.05, 4.69) is 14.9 Å². The monoisotopic (exact) mass is 362 g/mol. The van der Waals surface area contributed by atoms with E-state index in [0.717, 1.165) is 22.4 Å². The zero-order valence-electron chi connectivity index (χ0n) is 15.2. The van der Waals surface area contributed by atoms with Gasteiger partial charge in [0.05, 0.1) is 7.11 Å². The molecule has 1 aromatic carbocycles. The lowest BCUT2D eigenvalue weighted by Crippen LogP contribution is -2.37. The van der Waals surface area contributed by atoms with Crippen molar-refractivity contribution < 1.29 is 9.53 Å². The number of hydrogen-bond donors (Lipinski definition) is 1. The summed E-state index contributed by atoms with van der Waals surface area (Å²) in [4.78, 5) is 22.6. The molecule has 6 heteroatoms. The minimum atomic E-state index is -0.572. The lowest BCUT2D eigenvalue weighted by atomic mass is 10.0. The zero-order chi connectivity index (χ0) is 19.1. The number of carbonyl (C=O) groups is 1. The highest BCUT2D eigenvalue weighted by Crippen LogP contribution is 2.26. The van der Waals surface area contributed by atoms with E-state index in [4.69, 9.17) is 10.5 Å². The molecule has 0 radical (unpaired) electrons. The standard InChI is InChI=1S/C21H22N4O2/c1-27-19-4-2-18(3-5-19)20(21(22)26)25(14-16-6-10-23-11-7-16)15-17-8-12-24-13-9-17/h2-13,20H,14-15H2,1H3,(H2,22,26). The summed E-state index contributed by atoms with van der Waals surface area (Å²) >= 11 is 0. The summed E-state index contributed by atoms with van der Waals surface area (Å²) in [6.45, 7) is 1.12. The number of amides is 1. The largest absolute Gasteiger partial charge is 0.497 e. The van der Waals surface area contributed by atoms with Crippen LogP contribution in [0.1, 0.15) is 22.7 Å². The highest BCUT2D eigenvalue weighted by molar-refractivity contribution is 5.81. The second kappa shape index (κ2) is 8.91. The quantitative estimate of drug-likeness (QED) is 0.666. The van der Waals surface area contributed by atoms with E-state index in [1.165, 1.54) is 0 Å². The van der Waals surface area contributed by atoms with Crippen molar-refractivity contribution in [3.8, 4) is 5.75 Å². The summed E-state index contributed by atoms with van der Waals surface area (Å²) in [5, 5.41) is 0. The van der Waals surface area contributed by atoms with Crippen LogP contribution >= 0.6 is 0 Å². The molecular formula is C21H22N4O2. The van der Waals surface area contributed by atoms with Gasteiger partial charge in [-0.05, 0) is 53.1 Å². The topological polar surface area (TPSA) is 81.3 Å². The molecule has 0 aliphatic heterocycles. The van der Waals surface area contributed by atoms with E-state index in [1.54, 1.807) is 31.9 Å². The van der Waals surface area contributed by atoms with Gasteiger partial charge in [0.25, 0.3) is 0 Å². The summed E-state index contributed by atoms with van der Waals surface area (Å²) in [7, 11) is 1.61. The number of nitrogens with zero attached hydrogens (tertiary/aromatic N) is 3. The van der Waals surface area contributed by atoms with Crippen molar-refractivity contribution in [1.29, 1.82) is 0 Å². The van der Waals surface area contributed by atoms with Crippen LogP contribution in [0.25, 0.3) is 0 Å². The second-order valence-corrected chi connectivity index (χ2v) is 6.19. The molecule has 0 fully saturated rings. The zero-order valence-corrected chi connectivity index (χ0v) is 15.2. The van der Waals surface area contributed by atoms with Gasteiger partial charge in [0.15, 0.2) is 0 Å². The third-order valence-corrected chi connectivity index (χ3v) is 4.34. The summed E-state index contributed by atoms with van der Waals surface area (Å²) in [5.74, 6) is 0.333. The average Bonchev–Trinajstić information content (AvgIpc) is 2.70. The van der Waals surface area contributed by atoms with Crippen LogP contribution in [0.2, 0.25) is 0 Å². The van der Waals surface area contributed by atoms with Crippen LogP contribution in [0, 0.1) is 0 Å². The van der Waals surface area contributed by atoms with Crippen molar-refractivity contribution in [1.82, 2.24) is 14.9 Å². The molecule has 0 saturated carbocycles. The minimum absolute atomic E-state index is 0.400. The van der Waals surface area contributed by atoms with Gasteiger partial charge in [-0.25, -0.2) is 0 Å². The molecule has 1 amide bonds. The predicted molar refractivity (Wildman–Crippen MR) is 103 cm³/mol. The number of ether oxygens (including phenoxy) is 1. The van der Waals surface area contributed by atoms with Gasteiger partial charge in [0, 0.05) is 37.9 Å². The Kier molecular flexibility index (Phi) is 6.12. The molecule has 2 aromatic heterocycles. The van der Waals surface area contributed by atoms with Gasteiger partial charge < -0.3 is 10.5 Å². The van der Waals surface area contributed by atoms with Gasteiger partial charge in [0.1, 0.15) is 11.8 Å². The van der Waals surface area contributed by atoms with Crippen molar-refractivity contribution >= 4 is 5.91 Å². The van der Waals surface area contributed by atoms with Crippen molar-refractivity contribution in [3.05, 3.63) is 90.0 Å². The molecule has 0 aliphatic rings. The van der Waals surface area contributed by atoms with Gasteiger partial charge in [-0.3, -0.25) is 19.7 Å². The SMILES string of the molecule is COc1ccc(C(C(N)=O)N(Cc2ccncc2)Cc2ccncc2)cc1. The smallest absolute Gasteiger partial charge is 0.239 e. The molecule has 0 bridgehead atoms. The minimum Gasteiger partial charge on any atom is -0.497 e. The first kappa shape index (κ1) is 18.5. The van der Waals surface area contributed by atoms with Crippen molar-refractivity contribution in [3.63, 3.8) is 0 Å². The summed E-state index contributed by atoms with van der Waals surface area (Å²) in [6, 6.07) is 14.6. The molecule has 6 nitrogen and oxygen atoms in total. The number of rotatable bonds is 8. The Bertz CT molecular complexity index is 813. The molecule has 0 aliphatic carbocycles. The molecule has 3 aromatic rings. The molecule has 1 unspecified atom stereocenters. The van der Waals surface area contributed by atoms with Crippen molar-refractivity contribution in [2.24, 2.45) is 5.73 Å². The molecule has 0 spiro atoms. The Balaban J connectivity index is 1.94. The molecule has 0 saturated heterocycles. The highest BCUT2D eigenvalue weighted by atomic mass is 16.5. The molecule has 27 heavy (non-hydrogen) atoms. The number of methoxy groups -OCH3 is 1. The van der Waals surface area contributed by atoms with Crippen LogP contribution in [0.5, 0.6) is 5.75 Å². The normalized spacial score (nSPS) is 11.9. The molecule has 2 heterocycles. The Morgan fingerprint density at radius 1 is 0.926 bits per heavy atom. The van der Waals surface area contributed by atoms with E-state index in [9.17, 15) is 4.79 Å². The van der Waals surface area contributed by atoms with E-state index >= 15 is 0 Å². The number of benzene rings is 1. The highest BCUT2D eigenvalue weighted by Gasteiger charge is 2.26. The number of primary amides is 1. The number of pyridine rings is 2. The molecule has 2 N–H and O–H groups in total. The molecular weight excluding hydrogens is 340 g/mol. The Labute approximate surface area is 158 Å². The van der Waals surface area contributed by atoms with Gasteiger partial charge in [-0.15, -0.1) is 0 Å². The summed E-state index contributed by atoms with van der Waals surface area (Å²) in [6.07, 6.45) is 6.97. The average molecular weight is 362 g/mol. The van der Waals surface area contributed by atoms with Crippen LogP contribution in [-0.4, -0.2) is 27.9 Å². The Hall–Kier alpha value is -3.25. The second-order valence-electron chi connectivity index (χ2n) is 6.19. The lowest BCUT2D eigenvalue weighted by Gasteiger charge is -2.30. The van der Waals surface area contributed by atoms with Crippen LogP contribution in [0.3, 0.4) is 0 Å². The number of carbonyl (C=O) groups excluding carboxylic acids is 1. The van der Waals surface area contributed by atoms with Crippen molar-refractivity contribution in [2.75, 3.05) is 7.11 Å². The predicted octanol–water partition coefficient (Wildman–Crippen LogP) is 2.71. The maximum atomic E-state index is 12.4. The summed E-state index contributed by atoms with van der Waals surface area (Å²) in [5.41, 5.74) is 8.75. The third-order valence-electron chi connectivity index (χ3n) is 4.34. The van der Waals surface area contributed by atoms with E-state index < -0.39 is 11.9 Å². The maximum absolute atomic E-state index is 12.4. The maximum Gasteiger partial charge on any atom is 0.239 e. The lowest BCUT2D eigenvalue weighted by molar-refractivity contribution is -0.124. The van der Waals surface area contributed by atoms with Gasteiger partial charge in [-0.1, -0.05) is 12.1 Å². The third kappa shape index (κ3) is 4.89. The van der Waals surface area contributed by atoms with Gasteiger partial charge in [0.2, 0.25) is 5.91 Å². The fraction of sp³-hybridized carbons (Fsp3) is 0.190. The molecule has 1 atom stereocenters. The Morgan fingerprint density at radius 2 is 1.41 bits per heavy atom. The van der Waals surface area contributed by atoms with E-state index in [-0.39, 0.29) is 0 Å². The van der Waals surface area contributed by atoms with Crippen LogP contribution < -0.4 is 10.5 Å². The number of hydrogen-bond acceptors (Lipinski definition) is 5. The molecule has 138 valence electrons. The van der Waals surface area contributed by atoms with Crippen LogP contribution in [0.15, 0.2) is 73.3 Å². The van der Waals surface area contributed by atoms with Crippen molar-refractivity contribution in [2.45, 2.75) is 19.1 Å². The number of aromatic nitrogens is 2. The fourth-order valence-corrected chi connectivity index (χ4v) is 3.03. The first-order valence-corrected chi connectivity index (χ1v) is 8.62. The van der Waals surface area contributed by atoms with Crippen LogP contribution in [-0.2, 0) is 17.9 Å². The van der Waals surface area contributed by atoms with E-state index in [0.29, 0.717) is 13.1 Å². The Morgan fingerprint density at radius 3 is 1.81 bits per heavy atom. The fourth-order valence-electron chi connectivity index (χ4n) is 3.03. The first-order valence-electron chi connectivity index (χ1n) is 8.62. The molecule has 3 rings (SSSR count). The van der Waals surface area contributed by atoms with E-state index in [1.807, 2.05) is 48.5 Å². The van der Waals surface area contributed by atoms with Crippen LogP contribution in [0.4, 0.5) is 0 Å². The number of nitrogens with two attached hydrogens (primary N) is 1. The van der Waals surface area contributed by atoms with Gasteiger partial charge >= 0.3 is 0 Å².